The molecule has 0 bridgehead atoms. The van der Waals surface area contributed by atoms with Crippen LogP contribution in [-0.4, -0.2) is 36.4 Å². The van der Waals surface area contributed by atoms with Crippen molar-refractivity contribution < 1.29 is 24.5 Å². The van der Waals surface area contributed by atoms with Crippen LogP contribution >= 0.6 is 0 Å². The van der Waals surface area contributed by atoms with Crippen LogP contribution < -0.4 is 0 Å². The first-order valence-corrected chi connectivity index (χ1v) is 5.38. The van der Waals surface area contributed by atoms with Gasteiger partial charge in [-0.05, 0) is 13.8 Å². The van der Waals surface area contributed by atoms with E-state index in [-0.39, 0.29) is 11.1 Å². The standard InChI is InChI=1S/2C4H6O2.C3H6.C2H6O/c2*1-3(2)4(5)6;1-2-3-1;1-3-2/h2*1H2,2H3,(H,5,6);1-3H2;1-2H3. The monoisotopic (exact) mass is 260 g/mol. The summed E-state index contributed by atoms with van der Waals surface area (Å²) in [6.45, 7) is 9.20. The van der Waals surface area contributed by atoms with Crippen LogP contribution in [0.1, 0.15) is 33.1 Å². The Labute approximate surface area is 109 Å². The molecule has 0 aliphatic heterocycles. The highest BCUT2D eigenvalue weighted by Crippen LogP contribution is 2.14. The number of carboxylic acids is 2. The number of carboxylic acid groups (broad SMARTS) is 2. The van der Waals surface area contributed by atoms with Gasteiger partial charge in [0.2, 0.25) is 0 Å². The van der Waals surface area contributed by atoms with Gasteiger partial charge in [0.15, 0.2) is 0 Å². The van der Waals surface area contributed by atoms with E-state index in [1.165, 1.54) is 33.1 Å². The summed E-state index contributed by atoms with van der Waals surface area (Å²) < 4.78 is 4.25. The minimum Gasteiger partial charge on any atom is -0.478 e. The topological polar surface area (TPSA) is 83.8 Å². The minimum atomic E-state index is -0.935. The third-order valence-corrected chi connectivity index (χ3v) is 1.08. The van der Waals surface area contributed by atoms with Crippen molar-refractivity contribution in [2.75, 3.05) is 14.2 Å². The number of carbonyl (C=O) groups is 2. The zero-order valence-electron chi connectivity index (χ0n) is 11.7. The van der Waals surface area contributed by atoms with E-state index in [4.69, 9.17) is 10.2 Å². The summed E-state index contributed by atoms with van der Waals surface area (Å²) in [4.78, 5) is 19.2. The van der Waals surface area contributed by atoms with E-state index in [2.05, 4.69) is 17.9 Å². The van der Waals surface area contributed by atoms with Crippen LogP contribution in [0.2, 0.25) is 0 Å². The van der Waals surface area contributed by atoms with Gasteiger partial charge in [0.05, 0.1) is 0 Å². The molecule has 5 heteroatoms. The number of rotatable bonds is 2. The van der Waals surface area contributed by atoms with Crippen LogP contribution in [0.15, 0.2) is 24.3 Å². The lowest BCUT2D eigenvalue weighted by atomic mass is 10.4. The average Bonchev–Trinajstić information content (AvgIpc) is 3.05. The van der Waals surface area contributed by atoms with Gasteiger partial charge < -0.3 is 14.9 Å². The summed E-state index contributed by atoms with van der Waals surface area (Å²) in [6, 6.07) is 0. The first-order chi connectivity index (χ1) is 8.20. The van der Waals surface area contributed by atoms with E-state index in [0.717, 1.165) is 0 Å². The van der Waals surface area contributed by atoms with Crippen molar-refractivity contribution in [3.63, 3.8) is 0 Å². The molecule has 0 aromatic rings. The first kappa shape index (κ1) is 21.6. The van der Waals surface area contributed by atoms with Crippen LogP contribution in [0, 0.1) is 0 Å². The fourth-order valence-corrected chi connectivity index (χ4v) is 0. The van der Waals surface area contributed by atoms with E-state index in [1.807, 2.05) is 0 Å². The predicted octanol–water partition coefficient (Wildman–Crippen LogP) is 2.73. The lowest BCUT2D eigenvalue weighted by molar-refractivity contribution is -0.133. The van der Waals surface area contributed by atoms with E-state index < -0.39 is 11.9 Å². The van der Waals surface area contributed by atoms with Crippen LogP contribution in [0.4, 0.5) is 0 Å². The van der Waals surface area contributed by atoms with Crippen LogP contribution in [0.25, 0.3) is 0 Å². The average molecular weight is 260 g/mol. The lowest BCUT2D eigenvalue weighted by Gasteiger charge is -1.79. The first-order valence-electron chi connectivity index (χ1n) is 5.38. The number of hydrogen-bond donors (Lipinski definition) is 2. The maximum atomic E-state index is 9.60. The molecule has 0 unspecified atom stereocenters. The van der Waals surface area contributed by atoms with Crippen molar-refractivity contribution in [2.45, 2.75) is 33.1 Å². The summed E-state index contributed by atoms with van der Waals surface area (Å²) in [5.74, 6) is -1.87. The number of ether oxygens (including phenoxy) is 1. The molecule has 18 heavy (non-hydrogen) atoms. The molecular weight excluding hydrogens is 236 g/mol. The Hall–Kier alpha value is -1.62. The molecule has 1 aliphatic rings. The zero-order valence-corrected chi connectivity index (χ0v) is 11.7. The Bertz CT molecular complexity index is 216. The fourth-order valence-electron chi connectivity index (χ4n) is 0. The molecule has 2 N–H and O–H groups in total. The Morgan fingerprint density at radius 3 is 1.00 bits per heavy atom. The molecule has 1 rings (SSSR count). The Balaban J connectivity index is -0.000000175. The van der Waals surface area contributed by atoms with Crippen LogP contribution in [0.5, 0.6) is 0 Å². The second-order valence-corrected chi connectivity index (χ2v) is 3.64. The van der Waals surface area contributed by atoms with Gasteiger partial charge in [-0.1, -0.05) is 32.4 Å². The molecule has 0 heterocycles. The largest absolute Gasteiger partial charge is 0.478 e. The second-order valence-electron chi connectivity index (χ2n) is 3.64. The van der Waals surface area contributed by atoms with Crippen molar-refractivity contribution in [3.8, 4) is 0 Å². The van der Waals surface area contributed by atoms with Crippen LogP contribution in [0.3, 0.4) is 0 Å². The molecule has 1 fully saturated rings. The number of hydrogen-bond acceptors (Lipinski definition) is 3. The Kier molecular flexibility index (Phi) is 18.5. The summed E-state index contributed by atoms with van der Waals surface area (Å²) in [6.07, 6.45) is 4.50. The number of methoxy groups -OCH3 is 1. The molecule has 106 valence electrons. The van der Waals surface area contributed by atoms with Gasteiger partial charge in [0.1, 0.15) is 0 Å². The highest BCUT2D eigenvalue weighted by Gasteiger charge is 1.95. The maximum absolute atomic E-state index is 9.60. The molecule has 0 saturated heterocycles. The minimum absolute atomic E-state index is 0.176. The van der Waals surface area contributed by atoms with Gasteiger partial charge in [-0.2, -0.15) is 0 Å². The van der Waals surface area contributed by atoms with Gasteiger partial charge in [-0.25, -0.2) is 9.59 Å². The van der Waals surface area contributed by atoms with E-state index >= 15 is 0 Å². The van der Waals surface area contributed by atoms with Crippen molar-refractivity contribution in [1.82, 2.24) is 0 Å². The number of aliphatic carboxylic acids is 2. The smallest absolute Gasteiger partial charge is 0.330 e. The maximum Gasteiger partial charge on any atom is 0.330 e. The Morgan fingerprint density at radius 2 is 1.00 bits per heavy atom. The van der Waals surface area contributed by atoms with Gasteiger partial charge in [0.25, 0.3) is 0 Å². The third-order valence-electron chi connectivity index (χ3n) is 1.08. The third kappa shape index (κ3) is 47.3. The summed E-state index contributed by atoms with van der Waals surface area (Å²) >= 11 is 0. The van der Waals surface area contributed by atoms with Crippen molar-refractivity contribution in [3.05, 3.63) is 24.3 Å². The Morgan fingerprint density at radius 1 is 0.889 bits per heavy atom. The normalized spacial score (nSPS) is 10.0. The summed E-state index contributed by atoms with van der Waals surface area (Å²) in [5, 5.41) is 15.8. The van der Waals surface area contributed by atoms with Gasteiger partial charge in [-0.15, -0.1) is 0 Å². The molecule has 0 aromatic carbocycles. The van der Waals surface area contributed by atoms with Gasteiger partial charge in [0, 0.05) is 25.4 Å². The van der Waals surface area contributed by atoms with E-state index in [9.17, 15) is 9.59 Å². The highest BCUT2D eigenvalue weighted by atomic mass is 16.4. The zero-order chi connectivity index (χ0) is 15.1. The fraction of sp³-hybridized carbons (Fsp3) is 0.538. The van der Waals surface area contributed by atoms with Crippen molar-refractivity contribution in [2.24, 2.45) is 0 Å². The molecular formula is C13H24O5. The molecule has 0 aromatic heterocycles. The van der Waals surface area contributed by atoms with Crippen LogP contribution in [-0.2, 0) is 14.3 Å². The summed E-state index contributed by atoms with van der Waals surface area (Å²) in [5.41, 5.74) is 0.352. The SMILES string of the molecule is C1CC1.C=C(C)C(=O)O.C=C(C)C(=O)O.COC. The van der Waals surface area contributed by atoms with E-state index in [1.54, 1.807) is 14.2 Å². The molecule has 5 nitrogen and oxygen atoms in total. The molecule has 1 aliphatic carbocycles. The summed E-state index contributed by atoms with van der Waals surface area (Å²) in [7, 11) is 3.25. The molecule has 0 spiro atoms. The molecule has 0 radical (unpaired) electrons. The van der Waals surface area contributed by atoms with Crippen molar-refractivity contribution in [1.29, 1.82) is 0 Å². The molecule has 1 saturated carbocycles. The molecule has 0 amide bonds. The van der Waals surface area contributed by atoms with Crippen molar-refractivity contribution >= 4 is 11.9 Å². The highest BCUT2D eigenvalue weighted by molar-refractivity contribution is 5.85. The van der Waals surface area contributed by atoms with Gasteiger partial charge in [-0.3, -0.25) is 0 Å². The second kappa shape index (κ2) is 15.4. The lowest BCUT2D eigenvalue weighted by Crippen LogP contribution is -1.92. The van der Waals surface area contributed by atoms with E-state index in [0.29, 0.717) is 0 Å². The predicted molar refractivity (Wildman–Crippen MR) is 71.7 cm³/mol. The molecule has 0 atom stereocenters. The van der Waals surface area contributed by atoms with Gasteiger partial charge >= 0.3 is 11.9 Å². The quantitative estimate of drug-likeness (QED) is 0.746.